The minimum Gasteiger partial charge on any atom is -0.357 e. The van der Waals surface area contributed by atoms with E-state index in [1.807, 2.05) is 0 Å². The van der Waals surface area contributed by atoms with E-state index in [2.05, 4.69) is 5.32 Å². The number of hydrogen-bond acceptors (Lipinski definition) is 5. The number of anilines is 1. The van der Waals surface area contributed by atoms with Gasteiger partial charge in [-0.2, -0.15) is 10.5 Å². The number of nitro benzene ring substituents is 1. The molecule has 1 aromatic rings. The highest BCUT2D eigenvalue weighted by atomic mass is 16.6. The Labute approximate surface area is 97.6 Å². The third-order valence-corrected chi connectivity index (χ3v) is 2.01. The summed E-state index contributed by atoms with van der Waals surface area (Å²) in [6, 6.07) is 9.20. The molecule has 0 unspecified atom stereocenters. The van der Waals surface area contributed by atoms with Gasteiger partial charge in [0.1, 0.15) is 17.7 Å². The molecule has 0 saturated heterocycles. The molecule has 0 spiro atoms. The van der Waals surface area contributed by atoms with Gasteiger partial charge in [0.15, 0.2) is 0 Å². The average molecular weight is 228 g/mol. The summed E-state index contributed by atoms with van der Waals surface area (Å²) >= 11 is 0. The van der Waals surface area contributed by atoms with Crippen molar-refractivity contribution in [2.45, 2.75) is 6.92 Å². The van der Waals surface area contributed by atoms with E-state index in [0.29, 0.717) is 11.4 Å². The van der Waals surface area contributed by atoms with Crippen LogP contribution in [0.2, 0.25) is 0 Å². The minimum atomic E-state index is -0.498. The molecular weight excluding hydrogens is 220 g/mol. The largest absolute Gasteiger partial charge is 0.357 e. The zero-order valence-electron chi connectivity index (χ0n) is 8.97. The summed E-state index contributed by atoms with van der Waals surface area (Å²) in [5.41, 5.74) is 0.946. The average Bonchev–Trinajstić information content (AvgIpc) is 2.31. The Hall–Kier alpha value is -2.86. The highest BCUT2D eigenvalue weighted by Crippen LogP contribution is 2.17. The standard InChI is InChI=1S/C11H8N4O2/c1-8(9(6-12)7-13)14-10-2-4-11(5-3-10)15(16)17/h2-5,14H,1H3. The fraction of sp³-hybridized carbons (Fsp3) is 0.0909. The number of rotatable bonds is 3. The van der Waals surface area contributed by atoms with Gasteiger partial charge in [-0.05, 0) is 19.1 Å². The van der Waals surface area contributed by atoms with Crippen molar-refractivity contribution in [3.63, 3.8) is 0 Å². The van der Waals surface area contributed by atoms with E-state index >= 15 is 0 Å². The highest BCUT2D eigenvalue weighted by molar-refractivity contribution is 5.55. The molecule has 0 aromatic heterocycles. The Morgan fingerprint density at radius 1 is 1.29 bits per heavy atom. The molecule has 1 N–H and O–H groups in total. The lowest BCUT2D eigenvalue weighted by Gasteiger charge is -2.05. The topological polar surface area (TPSA) is 103 Å². The minimum absolute atomic E-state index is 0.0158. The SMILES string of the molecule is CC(Nc1ccc([N+](=O)[O-])cc1)=C(C#N)C#N. The number of hydrogen-bond donors (Lipinski definition) is 1. The Morgan fingerprint density at radius 2 is 1.82 bits per heavy atom. The van der Waals surface area contributed by atoms with Crippen molar-refractivity contribution in [2.24, 2.45) is 0 Å². The maximum absolute atomic E-state index is 10.4. The first-order valence-corrected chi connectivity index (χ1v) is 4.61. The van der Waals surface area contributed by atoms with Crippen molar-refractivity contribution in [3.8, 4) is 12.1 Å². The molecule has 6 heteroatoms. The van der Waals surface area contributed by atoms with Gasteiger partial charge < -0.3 is 5.32 Å². The lowest BCUT2D eigenvalue weighted by atomic mass is 10.2. The Balaban J connectivity index is 2.92. The van der Waals surface area contributed by atoms with Crippen LogP contribution in [0.4, 0.5) is 11.4 Å². The first kappa shape index (κ1) is 12.2. The van der Waals surface area contributed by atoms with E-state index < -0.39 is 4.92 Å². The number of allylic oxidation sites excluding steroid dienone is 2. The van der Waals surface area contributed by atoms with Gasteiger partial charge in [-0.1, -0.05) is 0 Å². The summed E-state index contributed by atoms with van der Waals surface area (Å²) in [7, 11) is 0. The normalized spacial score (nSPS) is 8.65. The second-order valence-corrected chi connectivity index (χ2v) is 3.15. The summed E-state index contributed by atoms with van der Waals surface area (Å²) < 4.78 is 0. The van der Waals surface area contributed by atoms with Crippen LogP contribution in [0.1, 0.15) is 6.92 Å². The Bertz CT molecular complexity index is 530. The van der Waals surface area contributed by atoms with Crippen LogP contribution >= 0.6 is 0 Å². The van der Waals surface area contributed by atoms with Crippen molar-refractivity contribution in [1.82, 2.24) is 0 Å². The van der Waals surface area contributed by atoms with Gasteiger partial charge in [0.05, 0.1) is 4.92 Å². The first-order valence-electron chi connectivity index (χ1n) is 4.61. The smallest absolute Gasteiger partial charge is 0.269 e. The van der Waals surface area contributed by atoms with Crippen LogP contribution in [-0.4, -0.2) is 4.92 Å². The molecule has 0 heterocycles. The van der Waals surface area contributed by atoms with E-state index in [1.165, 1.54) is 24.3 Å². The van der Waals surface area contributed by atoms with Crippen LogP contribution in [0.15, 0.2) is 35.5 Å². The van der Waals surface area contributed by atoms with Crippen LogP contribution in [0.5, 0.6) is 0 Å². The number of nitriles is 2. The second kappa shape index (κ2) is 5.29. The lowest BCUT2D eigenvalue weighted by molar-refractivity contribution is -0.384. The molecule has 1 aromatic carbocycles. The van der Waals surface area contributed by atoms with Crippen LogP contribution in [0, 0.1) is 32.8 Å². The molecule has 0 aliphatic rings. The van der Waals surface area contributed by atoms with Gasteiger partial charge in [-0.15, -0.1) is 0 Å². The van der Waals surface area contributed by atoms with Crippen molar-refractivity contribution in [2.75, 3.05) is 5.32 Å². The van der Waals surface area contributed by atoms with Crippen LogP contribution in [0.25, 0.3) is 0 Å². The van der Waals surface area contributed by atoms with E-state index in [9.17, 15) is 10.1 Å². The Kier molecular flexibility index (Phi) is 3.80. The van der Waals surface area contributed by atoms with E-state index in [-0.39, 0.29) is 11.3 Å². The highest BCUT2D eigenvalue weighted by Gasteiger charge is 2.05. The molecule has 0 fully saturated rings. The van der Waals surface area contributed by atoms with Crippen LogP contribution in [0.3, 0.4) is 0 Å². The zero-order chi connectivity index (χ0) is 12.8. The molecule has 0 radical (unpaired) electrons. The van der Waals surface area contributed by atoms with Crippen LogP contribution < -0.4 is 5.32 Å². The van der Waals surface area contributed by atoms with Gasteiger partial charge in [0.2, 0.25) is 0 Å². The van der Waals surface area contributed by atoms with Gasteiger partial charge in [-0.25, -0.2) is 0 Å². The van der Waals surface area contributed by atoms with Crippen molar-refractivity contribution in [1.29, 1.82) is 10.5 Å². The quantitative estimate of drug-likeness (QED) is 0.485. The Morgan fingerprint density at radius 3 is 2.24 bits per heavy atom. The van der Waals surface area contributed by atoms with Gasteiger partial charge in [-0.3, -0.25) is 10.1 Å². The number of nitrogens with zero attached hydrogens (tertiary/aromatic N) is 3. The molecule has 84 valence electrons. The maximum Gasteiger partial charge on any atom is 0.269 e. The lowest BCUT2D eigenvalue weighted by Crippen LogP contribution is -1.98. The molecule has 0 amide bonds. The number of benzene rings is 1. The van der Waals surface area contributed by atoms with Crippen LogP contribution in [-0.2, 0) is 0 Å². The molecule has 1 rings (SSSR count). The molecule has 6 nitrogen and oxygen atoms in total. The molecule has 0 aliphatic carbocycles. The molecule has 0 aliphatic heterocycles. The summed E-state index contributed by atoms with van der Waals surface area (Å²) in [4.78, 5) is 9.93. The van der Waals surface area contributed by atoms with Crippen molar-refractivity contribution < 1.29 is 4.92 Å². The van der Waals surface area contributed by atoms with E-state index in [1.54, 1.807) is 19.1 Å². The van der Waals surface area contributed by atoms with E-state index in [0.717, 1.165) is 0 Å². The molecule has 0 bridgehead atoms. The monoisotopic (exact) mass is 228 g/mol. The third-order valence-electron chi connectivity index (χ3n) is 2.01. The predicted octanol–water partition coefficient (Wildman–Crippen LogP) is 2.33. The number of nitrogens with one attached hydrogen (secondary N) is 1. The van der Waals surface area contributed by atoms with E-state index in [4.69, 9.17) is 10.5 Å². The zero-order valence-corrected chi connectivity index (χ0v) is 8.97. The summed E-state index contributed by atoms with van der Waals surface area (Å²) in [5, 5.41) is 30.5. The molecular formula is C11H8N4O2. The number of nitro groups is 1. The second-order valence-electron chi connectivity index (χ2n) is 3.15. The molecule has 0 saturated carbocycles. The molecule has 17 heavy (non-hydrogen) atoms. The third kappa shape index (κ3) is 3.05. The summed E-state index contributed by atoms with van der Waals surface area (Å²) in [6.45, 7) is 1.59. The fourth-order valence-electron chi connectivity index (χ4n) is 1.14. The fourth-order valence-corrected chi connectivity index (χ4v) is 1.14. The van der Waals surface area contributed by atoms with Gasteiger partial charge in [0.25, 0.3) is 5.69 Å². The molecule has 0 atom stereocenters. The maximum atomic E-state index is 10.4. The summed E-state index contributed by atoms with van der Waals surface area (Å²) in [6.07, 6.45) is 0. The van der Waals surface area contributed by atoms with Gasteiger partial charge in [0, 0.05) is 23.5 Å². The predicted molar refractivity (Wildman–Crippen MR) is 60.6 cm³/mol. The first-order chi connectivity index (χ1) is 8.08. The number of non-ortho nitro benzene ring substituents is 1. The van der Waals surface area contributed by atoms with Gasteiger partial charge >= 0.3 is 0 Å². The van der Waals surface area contributed by atoms with Crippen molar-refractivity contribution >= 4 is 11.4 Å². The summed E-state index contributed by atoms with van der Waals surface area (Å²) in [5.74, 6) is 0. The van der Waals surface area contributed by atoms with Crippen molar-refractivity contribution in [3.05, 3.63) is 45.6 Å².